The maximum absolute atomic E-state index is 12.7. The third-order valence-electron chi connectivity index (χ3n) is 4.34. The number of rotatable bonds is 5. The summed E-state index contributed by atoms with van der Waals surface area (Å²) in [5.74, 6) is 0.0942. The lowest BCUT2D eigenvalue weighted by Gasteiger charge is -2.41. The molecule has 0 aliphatic carbocycles. The van der Waals surface area contributed by atoms with Gasteiger partial charge in [-0.05, 0) is 38.0 Å². The fourth-order valence-electron chi connectivity index (χ4n) is 2.74. The average molecular weight is 350 g/mol. The third kappa shape index (κ3) is 3.57. The summed E-state index contributed by atoms with van der Waals surface area (Å²) in [5, 5.41) is 7.96. The number of amides is 1. The molecule has 1 amide bonds. The van der Waals surface area contributed by atoms with E-state index in [1.165, 1.54) is 4.88 Å². The molecule has 3 rings (SSSR count). The molecule has 23 heavy (non-hydrogen) atoms. The minimum absolute atomic E-state index is 0.0942. The number of aryl methyl sites for hydroxylation is 2. The number of hydrogen-bond donors (Lipinski definition) is 2. The number of carbonyl (C=O) groups is 1. The SMILES string of the molecule is Cc1nc(CNC(=O)C2(Cc3ccc(Cl)cc3)CNC2)sc1C. The Morgan fingerprint density at radius 3 is 2.57 bits per heavy atom. The van der Waals surface area contributed by atoms with Crippen LogP contribution in [0.15, 0.2) is 24.3 Å². The van der Waals surface area contributed by atoms with Crippen molar-refractivity contribution in [3.63, 3.8) is 0 Å². The number of hydrogen-bond acceptors (Lipinski definition) is 4. The van der Waals surface area contributed by atoms with E-state index in [1.807, 2.05) is 31.2 Å². The molecular formula is C17H20ClN3OS. The van der Waals surface area contributed by atoms with Crippen LogP contribution in [0.1, 0.15) is 21.1 Å². The predicted molar refractivity (Wildman–Crippen MR) is 93.9 cm³/mol. The van der Waals surface area contributed by atoms with Gasteiger partial charge in [-0.15, -0.1) is 11.3 Å². The highest BCUT2D eigenvalue weighted by molar-refractivity contribution is 7.11. The number of benzene rings is 1. The van der Waals surface area contributed by atoms with Gasteiger partial charge < -0.3 is 10.6 Å². The summed E-state index contributed by atoms with van der Waals surface area (Å²) in [6.07, 6.45) is 0.721. The van der Waals surface area contributed by atoms with Crippen molar-refractivity contribution in [1.82, 2.24) is 15.6 Å². The molecule has 2 N–H and O–H groups in total. The Balaban J connectivity index is 1.64. The van der Waals surface area contributed by atoms with Crippen LogP contribution in [0.25, 0.3) is 0 Å². The zero-order valence-corrected chi connectivity index (χ0v) is 14.9. The number of aromatic nitrogens is 1. The molecule has 2 heterocycles. The van der Waals surface area contributed by atoms with Gasteiger partial charge in [0.1, 0.15) is 5.01 Å². The Morgan fingerprint density at radius 2 is 2.04 bits per heavy atom. The zero-order valence-electron chi connectivity index (χ0n) is 13.3. The molecule has 0 spiro atoms. The first-order chi connectivity index (χ1) is 11.0. The van der Waals surface area contributed by atoms with Crippen molar-refractivity contribution >= 4 is 28.8 Å². The first-order valence-electron chi connectivity index (χ1n) is 7.65. The lowest BCUT2D eigenvalue weighted by molar-refractivity contribution is -0.134. The van der Waals surface area contributed by atoms with E-state index in [0.717, 1.165) is 22.7 Å². The van der Waals surface area contributed by atoms with E-state index in [9.17, 15) is 4.79 Å². The van der Waals surface area contributed by atoms with Gasteiger partial charge in [-0.2, -0.15) is 0 Å². The van der Waals surface area contributed by atoms with Gasteiger partial charge >= 0.3 is 0 Å². The van der Waals surface area contributed by atoms with Gasteiger partial charge in [-0.1, -0.05) is 23.7 Å². The van der Waals surface area contributed by atoms with E-state index in [4.69, 9.17) is 11.6 Å². The van der Waals surface area contributed by atoms with Crippen LogP contribution in [0.3, 0.4) is 0 Å². The molecule has 4 nitrogen and oxygen atoms in total. The normalized spacial score (nSPS) is 16.0. The summed E-state index contributed by atoms with van der Waals surface area (Å²) in [5.41, 5.74) is 1.81. The van der Waals surface area contributed by atoms with Gasteiger partial charge in [0.15, 0.2) is 0 Å². The largest absolute Gasteiger partial charge is 0.349 e. The van der Waals surface area contributed by atoms with Crippen LogP contribution >= 0.6 is 22.9 Å². The summed E-state index contributed by atoms with van der Waals surface area (Å²) in [7, 11) is 0. The zero-order chi connectivity index (χ0) is 16.4. The molecule has 0 atom stereocenters. The van der Waals surface area contributed by atoms with Crippen molar-refractivity contribution in [1.29, 1.82) is 0 Å². The second-order valence-electron chi connectivity index (χ2n) is 6.12. The summed E-state index contributed by atoms with van der Waals surface area (Å²) in [6, 6.07) is 7.72. The molecule has 2 aromatic rings. The van der Waals surface area contributed by atoms with E-state index in [-0.39, 0.29) is 11.3 Å². The van der Waals surface area contributed by atoms with Gasteiger partial charge in [0.2, 0.25) is 5.91 Å². The standard InChI is InChI=1S/C17H20ClN3OS/c1-11-12(2)23-15(21-11)8-20-16(22)17(9-19-10-17)7-13-3-5-14(18)6-4-13/h3-6,19H,7-10H2,1-2H3,(H,20,22). The van der Waals surface area contributed by atoms with Gasteiger partial charge in [0, 0.05) is 23.0 Å². The van der Waals surface area contributed by atoms with Gasteiger partial charge in [0.05, 0.1) is 17.7 Å². The quantitative estimate of drug-likeness (QED) is 0.872. The lowest BCUT2D eigenvalue weighted by Crippen LogP contribution is -2.62. The summed E-state index contributed by atoms with van der Waals surface area (Å²) < 4.78 is 0. The van der Waals surface area contributed by atoms with E-state index in [0.29, 0.717) is 24.7 Å². The van der Waals surface area contributed by atoms with Crippen LogP contribution in [0.4, 0.5) is 0 Å². The maximum atomic E-state index is 12.7. The Hall–Kier alpha value is -1.43. The fraction of sp³-hybridized carbons (Fsp3) is 0.412. The smallest absolute Gasteiger partial charge is 0.229 e. The molecule has 1 aliphatic heterocycles. The second-order valence-corrected chi connectivity index (χ2v) is 7.84. The first-order valence-corrected chi connectivity index (χ1v) is 8.84. The Bertz CT molecular complexity index is 688. The van der Waals surface area contributed by atoms with Crippen molar-refractivity contribution in [2.24, 2.45) is 5.41 Å². The molecule has 1 aromatic carbocycles. The highest BCUT2D eigenvalue weighted by Crippen LogP contribution is 2.29. The van der Waals surface area contributed by atoms with E-state index in [2.05, 4.69) is 22.5 Å². The maximum Gasteiger partial charge on any atom is 0.229 e. The van der Waals surface area contributed by atoms with E-state index in [1.54, 1.807) is 11.3 Å². The van der Waals surface area contributed by atoms with Gasteiger partial charge in [-0.3, -0.25) is 4.79 Å². The van der Waals surface area contributed by atoms with Crippen molar-refractivity contribution in [2.75, 3.05) is 13.1 Å². The molecule has 0 bridgehead atoms. The van der Waals surface area contributed by atoms with E-state index < -0.39 is 0 Å². The van der Waals surface area contributed by atoms with E-state index >= 15 is 0 Å². The van der Waals surface area contributed by atoms with Gasteiger partial charge in [-0.25, -0.2) is 4.98 Å². The molecule has 1 saturated heterocycles. The van der Waals surface area contributed by atoms with Crippen LogP contribution in [-0.4, -0.2) is 24.0 Å². The summed E-state index contributed by atoms with van der Waals surface area (Å²) >= 11 is 7.57. The van der Waals surface area contributed by atoms with Crippen molar-refractivity contribution in [3.8, 4) is 0 Å². The van der Waals surface area contributed by atoms with Crippen LogP contribution in [0, 0.1) is 19.3 Å². The number of nitrogens with one attached hydrogen (secondary N) is 2. The lowest BCUT2D eigenvalue weighted by atomic mass is 9.75. The Labute approximate surface area is 145 Å². The number of halogens is 1. The monoisotopic (exact) mass is 349 g/mol. The molecule has 0 saturated carbocycles. The first kappa shape index (κ1) is 16.4. The molecule has 122 valence electrons. The van der Waals surface area contributed by atoms with Crippen LogP contribution in [0.5, 0.6) is 0 Å². The fourth-order valence-corrected chi connectivity index (χ4v) is 3.74. The van der Waals surface area contributed by atoms with Crippen molar-refractivity contribution in [3.05, 3.63) is 50.4 Å². The Kier molecular flexibility index (Phi) is 4.71. The van der Waals surface area contributed by atoms with Crippen molar-refractivity contribution in [2.45, 2.75) is 26.8 Å². The summed E-state index contributed by atoms with van der Waals surface area (Å²) in [4.78, 5) is 18.4. The van der Waals surface area contributed by atoms with Crippen LogP contribution < -0.4 is 10.6 Å². The molecule has 6 heteroatoms. The molecule has 0 unspecified atom stereocenters. The molecule has 1 aromatic heterocycles. The second kappa shape index (κ2) is 6.59. The predicted octanol–water partition coefficient (Wildman–Crippen LogP) is 2.86. The molecule has 1 fully saturated rings. The molecular weight excluding hydrogens is 330 g/mol. The Morgan fingerprint density at radius 1 is 1.35 bits per heavy atom. The topological polar surface area (TPSA) is 54.0 Å². The average Bonchev–Trinajstić information content (AvgIpc) is 2.81. The number of nitrogens with zero attached hydrogens (tertiary/aromatic N) is 1. The number of carbonyl (C=O) groups excluding carboxylic acids is 1. The highest BCUT2D eigenvalue weighted by atomic mass is 35.5. The minimum Gasteiger partial charge on any atom is -0.349 e. The van der Waals surface area contributed by atoms with Gasteiger partial charge in [0.25, 0.3) is 0 Å². The highest BCUT2D eigenvalue weighted by Gasteiger charge is 2.44. The summed E-state index contributed by atoms with van der Waals surface area (Å²) in [6.45, 7) is 5.96. The molecule has 1 aliphatic rings. The van der Waals surface area contributed by atoms with Crippen LogP contribution in [-0.2, 0) is 17.8 Å². The van der Waals surface area contributed by atoms with Crippen molar-refractivity contribution < 1.29 is 4.79 Å². The number of thiazole rings is 1. The molecule has 0 radical (unpaired) electrons. The third-order valence-corrected chi connectivity index (χ3v) is 5.66. The van der Waals surface area contributed by atoms with Crippen LogP contribution in [0.2, 0.25) is 5.02 Å². The minimum atomic E-state index is -0.366.